The number of rotatable bonds is 8. The Kier molecular flexibility index (Phi) is 5.74. The number of hydrogen-bond donors (Lipinski definition) is 2. The highest BCUT2D eigenvalue weighted by Gasteiger charge is 2.24. The maximum Gasteiger partial charge on any atom is 0.321 e. The molecule has 2 rings (SSSR count). The number of nitrogens with one attached hydrogen (secondary N) is 1. The normalized spacial score (nSPS) is 12.9. The van der Waals surface area contributed by atoms with Gasteiger partial charge in [0.2, 0.25) is 10.0 Å². The molecule has 0 saturated heterocycles. The molecular weight excluding hydrogens is 332 g/mol. The van der Waals surface area contributed by atoms with Gasteiger partial charge in [-0.1, -0.05) is 31.9 Å². The van der Waals surface area contributed by atoms with Gasteiger partial charge in [0.1, 0.15) is 18.0 Å². The molecule has 0 fully saturated rings. The highest BCUT2D eigenvalue weighted by atomic mass is 32.2. The van der Waals surface area contributed by atoms with E-state index in [2.05, 4.69) is 9.71 Å². The fraction of sp³-hybridized carbons (Fsp3) is 0.375. The molecule has 0 bridgehead atoms. The number of sulfonamides is 1. The van der Waals surface area contributed by atoms with Crippen molar-refractivity contribution in [3.63, 3.8) is 0 Å². The Hall–Kier alpha value is -2.19. The first kappa shape index (κ1) is 18.2. The van der Waals surface area contributed by atoms with Crippen LogP contribution in [0.4, 0.5) is 0 Å². The number of unbranched alkanes of at least 4 members (excludes halogenated alkanes) is 1. The number of carboxylic acids is 1. The fourth-order valence-corrected chi connectivity index (χ4v) is 3.42. The molecule has 0 aliphatic rings. The van der Waals surface area contributed by atoms with Crippen LogP contribution in [0.2, 0.25) is 0 Å². The lowest BCUT2D eigenvalue weighted by molar-refractivity contribution is -0.139. The summed E-state index contributed by atoms with van der Waals surface area (Å²) < 4.78 is 32.1. The van der Waals surface area contributed by atoms with E-state index >= 15 is 0 Å². The van der Waals surface area contributed by atoms with Gasteiger partial charge in [0.25, 0.3) is 0 Å². The topological polar surface area (TPSA) is 110 Å². The lowest BCUT2D eigenvalue weighted by Gasteiger charge is -2.14. The Balaban J connectivity index is 2.18. The summed E-state index contributed by atoms with van der Waals surface area (Å²) in [4.78, 5) is 15.4. The summed E-state index contributed by atoms with van der Waals surface area (Å²) in [6.45, 7) is 3.63. The molecule has 0 radical (unpaired) electrons. The lowest BCUT2D eigenvalue weighted by atomic mass is 10.1. The zero-order valence-electron chi connectivity index (χ0n) is 13.5. The van der Waals surface area contributed by atoms with Crippen molar-refractivity contribution in [3.05, 3.63) is 36.4 Å². The average Bonchev–Trinajstić information content (AvgIpc) is 2.98. The maximum atomic E-state index is 12.4. The first-order chi connectivity index (χ1) is 11.3. The first-order valence-electron chi connectivity index (χ1n) is 7.61. The number of nitrogens with zero attached hydrogens (tertiary/aromatic N) is 1. The zero-order valence-corrected chi connectivity index (χ0v) is 14.3. The molecule has 1 aromatic heterocycles. The van der Waals surface area contributed by atoms with Gasteiger partial charge in [-0.05, 0) is 18.6 Å². The highest BCUT2D eigenvalue weighted by Crippen LogP contribution is 2.21. The van der Waals surface area contributed by atoms with Crippen LogP contribution in [0.5, 0.6) is 0 Å². The van der Waals surface area contributed by atoms with Gasteiger partial charge in [-0.3, -0.25) is 4.79 Å². The molecule has 1 atom stereocenters. The van der Waals surface area contributed by atoms with Gasteiger partial charge in [0, 0.05) is 12.5 Å². The number of oxazole rings is 1. The molecular formula is C16H20N2O5S. The van der Waals surface area contributed by atoms with E-state index < -0.39 is 22.0 Å². The molecule has 1 aromatic carbocycles. The van der Waals surface area contributed by atoms with Crippen molar-refractivity contribution in [1.29, 1.82) is 0 Å². The number of aryl methyl sites for hydroxylation is 1. The second kappa shape index (κ2) is 7.59. The number of carbonyl (C=O) groups is 1. The molecule has 0 amide bonds. The molecule has 0 aliphatic heterocycles. The Morgan fingerprint density at radius 3 is 2.50 bits per heavy atom. The Morgan fingerprint density at radius 1 is 1.33 bits per heavy atom. The van der Waals surface area contributed by atoms with Crippen molar-refractivity contribution in [3.8, 4) is 11.3 Å². The monoisotopic (exact) mass is 352 g/mol. The van der Waals surface area contributed by atoms with Crippen LogP contribution < -0.4 is 4.72 Å². The predicted molar refractivity (Wildman–Crippen MR) is 87.9 cm³/mol. The van der Waals surface area contributed by atoms with Crippen molar-refractivity contribution in [1.82, 2.24) is 9.71 Å². The van der Waals surface area contributed by atoms with Gasteiger partial charge in [-0.15, -0.1) is 0 Å². The van der Waals surface area contributed by atoms with Gasteiger partial charge in [-0.2, -0.15) is 4.72 Å². The minimum Gasteiger partial charge on any atom is -0.480 e. The van der Waals surface area contributed by atoms with Gasteiger partial charge < -0.3 is 9.52 Å². The molecule has 8 heteroatoms. The highest BCUT2D eigenvalue weighted by molar-refractivity contribution is 7.89. The molecule has 2 aromatic rings. The van der Waals surface area contributed by atoms with E-state index in [1.165, 1.54) is 18.4 Å². The zero-order chi connectivity index (χ0) is 17.7. The molecule has 0 unspecified atom stereocenters. The van der Waals surface area contributed by atoms with Crippen molar-refractivity contribution in [2.45, 2.75) is 44.0 Å². The molecule has 24 heavy (non-hydrogen) atoms. The minimum atomic E-state index is -3.90. The first-order valence-corrected chi connectivity index (χ1v) is 9.09. The van der Waals surface area contributed by atoms with Crippen LogP contribution in [0, 0.1) is 6.92 Å². The molecule has 7 nitrogen and oxygen atoms in total. The second-order valence-corrected chi connectivity index (χ2v) is 7.14. The van der Waals surface area contributed by atoms with Gasteiger partial charge in [-0.25, -0.2) is 13.4 Å². The third-order valence-corrected chi connectivity index (χ3v) is 5.01. The van der Waals surface area contributed by atoms with E-state index in [9.17, 15) is 13.2 Å². The summed E-state index contributed by atoms with van der Waals surface area (Å²) >= 11 is 0. The number of aromatic nitrogens is 1. The third kappa shape index (κ3) is 4.42. The van der Waals surface area contributed by atoms with Crippen LogP contribution in [0.1, 0.15) is 32.1 Å². The van der Waals surface area contributed by atoms with Crippen molar-refractivity contribution in [2.75, 3.05) is 0 Å². The minimum absolute atomic E-state index is 0.00853. The predicted octanol–water partition coefficient (Wildman–Crippen LogP) is 2.57. The summed E-state index contributed by atoms with van der Waals surface area (Å²) in [5, 5.41) is 9.16. The summed E-state index contributed by atoms with van der Waals surface area (Å²) in [6.07, 6.45) is 3.16. The molecule has 0 aliphatic carbocycles. The van der Waals surface area contributed by atoms with Crippen molar-refractivity contribution < 1.29 is 22.7 Å². The van der Waals surface area contributed by atoms with E-state index in [1.807, 2.05) is 6.92 Å². The number of hydrogen-bond acceptors (Lipinski definition) is 5. The Morgan fingerprint density at radius 2 is 2.00 bits per heavy atom. The smallest absolute Gasteiger partial charge is 0.321 e. The summed E-state index contributed by atoms with van der Waals surface area (Å²) in [7, 11) is -3.90. The van der Waals surface area contributed by atoms with Crippen LogP contribution in [0.3, 0.4) is 0 Å². The Labute approximate surface area is 140 Å². The van der Waals surface area contributed by atoms with Crippen LogP contribution >= 0.6 is 0 Å². The van der Waals surface area contributed by atoms with Crippen LogP contribution in [0.25, 0.3) is 11.3 Å². The van der Waals surface area contributed by atoms with Crippen molar-refractivity contribution >= 4 is 16.0 Å². The second-order valence-electron chi connectivity index (χ2n) is 5.43. The molecule has 2 N–H and O–H groups in total. The molecule has 0 saturated carbocycles. The summed E-state index contributed by atoms with van der Waals surface area (Å²) in [6, 6.07) is 4.91. The summed E-state index contributed by atoms with van der Waals surface area (Å²) in [5.74, 6) is -0.662. The van der Waals surface area contributed by atoms with E-state index in [0.29, 0.717) is 23.6 Å². The van der Waals surface area contributed by atoms with Crippen molar-refractivity contribution in [2.24, 2.45) is 0 Å². The van der Waals surface area contributed by atoms with E-state index in [1.54, 1.807) is 19.1 Å². The SMILES string of the molecule is CCCC[C@H](NS(=O)(=O)c1ccc(-c2coc(C)n2)cc1)C(=O)O. The van der Waals surface area contributed by atoms with Crippen LogP contribution in [-0.4, -0.2) is 30.5 Å². The van der Waals surface area contributed by atoms with Crippen LogP contribution in [-0.2, 0) is 14.8 Å². The molecule has 0 spiro atoms. The lowest BCUT2D eigenvalue weighted by Crippen LogP contribution is -2.40. The molecule has 130 valence electrons. The van der Waals surface area contributed by atoms with Gasteiger partial charge >= 0.3 is 5.97 Å². The van der Waals surface area contributed by atoms with E-state index in [4.69, 9.17) is 9.52 Å². The number of aliphatic carboxylic acids is 1. The summed E-state index contributed by atoms with van der Waals surface area (Å²) in [5.41, 5.74) is 1.32. The van der Waals surface area contributed by atoms with Crippen LogP contribution in [0.15, 0.2) is 39.8 Å². The molecule has 1 heterocycles. The number of carboxylic acid groups (broad SMARTS) is 1. The van der Waals surface area contributed by atoms with E-state index in [-0.39, 0.29) is 11.3 Å². The fourth-order valence-electron chi connectivity index (χ4n) is 2.20. The largest absolute Gasteiger partial charge is 0.480 e. The van der Waals surface area contributed by atoms with E-state index in [0.717, 1.165) is 6.42 Å². The number of benzene rings is 1. The van der Waals surface area contributed by atoms with Gasteiger partial charge in [0.05, 0.1) is 4.90 Å². The quantitative estimate of drug-likeness (QED) is 0.755. The Bertz CT molecular complexity index is 796. The maximum absolute atomic E-state index is 12.4. The average molecular weight is 352 g/mol. The standard InChI is InChI=1S/C16H20N2O5S/c1-3-4-5-14(16(19)20)18-24(21,22)13-8-6-12(7-9-13)15-10-23-11(2)17-15/h6-10,14,18H,3-5H2,1-2H3,(H,19,20)/t14-/m0/s1. The third-order valence-electron chi connectivity index (χ3n) is 3.52. The van der Waals surface area contributed by atoms with Gasteiger partial charge in [0.15, 0.2) is 5.89 Å².